The zero-order chi connectivity index (χ0) is 45.3. The lowest BCUT2D eigenvalue weighted by Crippen LogP contribution is -2.30. The fraction of sp³-hybridized carbons (Fsp3) is 0.346. The molecule has 6 aromatic rings. The first kappa shape index (κ1) is 44.6. The van der Waals surface area contributed by atoms with Crippen molar-refractivity contribution in [2.45, 2.75) is 58.0 Å². The molecule has 348 valence electrons. The van der Waals surface area contributed by atoms with Crippen molar-refractivity contribution >= 4 is 44.8 Å². The van der Waals surface area contributed by atoms with Gasteiger partial charge in [-0.15, -0.1) is 0 Å². The van der Waals surface area contributed by atoms with Crippen LogP contribution in [-0.4, -0.2) is 59.1 Å². The van der Waals surface area contributed by atoms with Gasteiger partial charge in [-0.3, -0.25) is 4.52 Å². The van der Waals surface area contributed by atoms with Crippen LogP contribution in [0.2, 0.25) is 0 Å². The van der Waals surface area contributed by atoms with Crippen molar-refractivity contribution in [2.24, 2.45) is 5.92 Å². The van der Waals surface area contributed by atoms with Gasteiger partial charge in [0, 0.05) is 33.0 Å². The van der Waals surface area contributed by atoms with E-state index < -0.39 is 48.0 Å². The highest BCUT2D eigenvalue weighted by atomic mass is 31.1. The molecule has 67 heavy (non-hydrogen) atoms. The number of benzene rings is 5. The molecular weight excluding hydrogens is 895 g/mol. The van der Waals surface area contributed by atoms with Crippen LogP contribution in [0.3, 0.4) is 0 Å². The molecule has 11 rings (SSSR count). The van der Waals surface area contributed by atoms with Gasteiger partial charge >= 0.3 is 8.24 Å². The molecule has 0 N–H and O–H groups in total. The fourth-order valence-electron chi connectivity index (χ4n) is 9.49. The molecule has 0 saturated carbocycles. The summed E-state index contributed by atoms with van der Waals surface area (Å²) in [5.41, 5.74) is 7.94. The van der Waals surface area contributed by atoms with Gasteiger partial charge in [-0.25, -0.2) is 0 Å². The third kappa shape index (κ3) is 8.89. The Kier molecular flexibility index (Phi) is 13.1. The predicted octanol–water partition coefficient (Wildman–Crippen LogP) is 11.8. The minimum Gasteiger partial charge on any atom is -0.440 e. The fourth-order valence-corrected chi connectivity index (χ4v) is 11.4. The van der Waals surface area contributed by atoms with Gasteiger partial charge in [-0.2, -0.15) is 0 Å². The first-order chi connectivity index (χ1) is 32.9. The second kappa shape index (κ2) is 19.6. The SMILES string of the molecule is Cc1c(C2=C(OPOc3ccccc3C(C)(Op3oc4c(C5OCCO5)cccc4c4cccc(C5OCCO5)c4o3)c3ccccc3)C(C3OCCO3)=CC(C)C2)cccc1C1OCCO1. The van der Waals surface area contributed by atoms with Crippen LogP contribution in [-0.2, 0) is 48.0 Å². The number of para-hydroxylation sites is 3. The van der Waals surface area contributed by atoms with Crippen LogP contribution in [0, 0.1) is 12.8 Å². The van der Waals surface area contributed by atoms with Crippen molar-refractivity contribution in [1.82, 2.24) is 0 Å². The molecule has 3 unspecified atom stereocenters. The smallest absolute Gasteiger partial charge is 0.388 e. The first-order valence-electron chi connectivity index (χ1n) is 22.8. The van der Waals surface area contributed by atoms with E-state index in [2.05, 4.69) is 32.1 Å². The molecule has 4 fully saturated rings. The molecule has 5 aliphatic rings. The molecule has 13 nitrogen and oxygen atoms in total. The summed E-state index contributed by atoms with van der Waals surface area (Å²) in [4.78, 5) is 0. The van der Waals surface area contributed by atoms with E-state index in [1.54, 1.807) is 0 Å². The van der Waals surface area contributed by atoms with E-state index in [4.69, 9.17) is 59.9 Å². The maximum atomic E-state index is 7.32. The molecule has 1 aromatic heterocycles. The Morgan fingerprint density at radius 1 is 0.567 bits per heavy atom. The van der Waals surface area contributed by atoms with Crippen molar-refractivity contribution < 1.29 is 59.9 Å². The third-order valence-corrected chi connectivity index (χ3v) is 14.5. The standard InChI is InChI=1S/C52H52O13P2/c1-32-30-41(35-14-9-15-36(33(35)2)48-53-22-23-54-48)45(42(31-32)51-59-28-29-60-51)62-66-61-44-21-8-7-20-43(44)52(3,34-12-5-4-6-13-34)65-67-63-46-37(16-10-18-39(46)49-55-24-25-56-49)38-17-11-19-40(47(38)64-67)50-57-26-27-58-50/h4-21,31-32,48-51,66H,22-30H2,1-3H3. The molecular formula is C52H52O13P2. The van der Waals surface area contributed by atoms with E-state index in [9.17, 15) is 0 Å². The number of rotatable bonds is 13. The van der Waals surface area contributed by atoms with Gasteiger partial charge in [-0.05, 0) is 48.9 Å². The summed E-state index contributed by atoms with van der Waals surface area (Å²) in [6, 6.07) is 35.9. The quantitative estimate of drug-likeness (QED) is 0.102. The molecule has 5 aromatic carbocycles. The Bertz CT molecular complexity index is 2760. The molecule has 0 amide bonds. The number of fused-ring (bicyclic) bond motifs is 3. The van der Waals surface area contributed by atoms with Gasteiger partial charge in [0.05, 0.1) is 64.0 Å². The summed E-state index contributed by atoms with van der Waals surface area (Å²) >= 11 is 0. The lowest BCUT2D eigenvalue weighted by molar-refractivity contribution is -0.0446. The highest BCUT2D eigenvalue weighted by molar-refractivity contribution is 7.31. The van der Waals surface area contributed by atoms with E-state index in [1.807, 2.05) is 104 Å². The van der Waals surface area contributed by atoms with Crippen molar-refractivity contribution in [3.8, 4) is 5.75 Å². The van der Waals surface area contributed by atoms with Gasteiger partial charge in [0.2, 0.25) is 0 Å². The summed E-state index contributed by atoms with van der Waals surface area (Å²) in [6.07, 6.45) is 0.694. The predicted molar refractivity (Wildman–Crippen MR) is 252 cm³/mol. The van der Waals surface area contributed by atoms with Crippen molar-refractivity contribution in [3.05, 3.63) is 166 Å². The second-order valence-corrected chi connectivity index (χ2v) is 18.6. The number of ether oxygens (including phenoxy) is 8. The summed E-state index contributed by atoms with van der Waals surface area (Å²) in [6.45, 7) is 10.3. The summed E-state index contributed by atoms with van der Waals surface area (Å²) in [5, 5.41) is 1.61. The van der Waals surface area contributed by atoms with Crippen molar-refractivity contribution in [1.29, 1.82) is 0 Å². The van der Waals surface area contributed by atoms with E-state index in [1.165, 1.54) is 0 Å². The largest absolute Gasteiger partial charge is 0.440 e. The zero-order valence-corrected chi connectivity index (χ0v) is 39.4. The summed E-state index contributed by atoms with van der Waals surface area (Å²) < 4.78 is 83.2. The lowest BCUT2D eigenvalue weighted by atomic mass is 9.83. The van der Waals surface area contributed by atoms with Gasteiger partial charge in [0.15, 0.2) is 36.3 Å². The molecule has 0 bridgehead atoms. The molecule has 0 radical (unpaired) electrons. The molecule has 1 aliphatic carbocycles. The van der Waals surface area contributed by atoms with Crippen LogP contribution in [0.15, 0.2) is 135 Å². The third-order valence-electron chi connectivity index (χ3n) is 12.7. The Morgan fingerprint density at radius 2 is 1.09 bits per heavy atom. The number of hydrogen-bond donors (Lipinski definition) is 0. The zero-order valence-electron chi connectivity index (χ0n) is 37.5. The van der Waals surface area contributed by atoms with E-state index in [0.29, 0.717) is 75.5 Å². The highest BCUT2D eigenvalue weighted by Crippen LogP contribution is 2.49. The monoisotopic (exact) mass is 946 g/mol. The average molecular weight is 947 g/mol. The Hall–Kier alpha value is -4.85. The molecule has 4 aliphatic heterocycles. The van der Waals surface area contributed by atoms with Crippen LogP contribution < -0.4 is 9.05 Å². The molecule has 15 heteroatoms. The van der Waals surface area contributed by atoms with Crippen LogP contribution in [0.1, 0.15) is 78.1 Å². The van der Waals surface area contributed by atoms with Gasteiger partial charge < -0.3 is 55.3 Å². The van der Waals surface area contributed by atoms with Gasteiger partial charge in [0.25, 0.3) is 9.03 Å². The minimum absolute atomic E-state index is 0.193. The normalized spacial score (nSPS) is 21.0. The molecule has 0 spiro atoms. The van der Waals surface area contributed by atoms with E-state index in [-0.39, 0.29) is 5.92 Å². The Morgan fingerprint density at radius 3 is 1.70 bits per heavy atom. The van der Waals surface area contributed by atoms with Crippen LogP contribution in [0.4, 0.5) is 0 Å². The molecule has 3 atom stereocenters. The van der Waals surface area contributed by atoms with E-state index >= 15 is 0 Å². The summed E-state index contributed by atoms with van der Waals surface area (Å²) in [5.74, 6) is 1.42. The second-order valence-electron chi connectivity index (χ2n) is 17.1. The highest BCUT2D eigenvalue weighted by Gasteiger charge is 2.38. The maximum absolute atomic E-state index is 7.32. The Balaban J connectivity index is 0.994. The minimum atomic E-state index is -2.23. The van der Waals surface area contributed by atoms with Gasteiger partial charge in [0.1, 0.15) is 17.1 Å². The van der Waals surface area contributed by atoms with Crippen LogP contribution >= 0.6 is 17.3 Å². The Labute approximate surface area is 391 Å². The molecule has 4 saturated heterocycles. The first-order valence-corrected chi connectivity index (χ1v) is 24.7. The van der Waals surface area contributed by atoms with Gasteiger partial charge in [-0.1, -0.05) is 116 Å². The molecule has 5 heterocycles. The van der Waals surface area contributed by atoms with Crippen molar-refractivity contribution in [3.63, 3.8) is 0 Å². The topological polar surface area (TPSA) is 128 Å². The number of hydrogen-bond acceptors (Lipinski definition) is 13. The lowest BCUT2D eigenvalue weighted by Gasteiger charge is -2.31. The van der Waals surface area contributed by atoms with E-state index in [0.717, 1.165) is 67.3 Å². The summed E-state index contributed by atoms with van der Waals surface area (Å²) in [7, 11) is -2.70. The van der Waals surface area contributed by atoms with Crippen LogP contribution in [0.25, 0.3) is 27.5 Å². The maximum Gasteiger partial charge on any atom is 0.388 e. The average Bonchev–Trinajstić information content (AvgIpc) is 4.22. The van der Waals surface area contributed by atoms with Crippen molar-refractivity contribution in [2.75, 3.05) is 52.9 Å². The van der Waals surface area contributed by atoms with Crippen LogP contribution in [0.5, 0.6) is 5.75 Å². The number of allylic oxidation sites excluding steroid dienone is 2.